The van der Waals surface area contributed by atoms with Crippen molar-refractivity contribution in [2.45, 2.75) is 37.8 Å². The lowest BCUT2D eigenvalue weighted by molar-refractivity contribution is -0.116. The van der Waals surface area contributed by atoms with Crippen LogP contribution in [-0.4, -0.2) is 17.9 Å². The maximum absolute atomic E-state index is 13.6. The Morgan fingerprint density at radius 1 is 1.30 bits per heavy atom. The molecular formula is C20H19F2N3O2. The third kappa shape index (κ3) is 3.19. The van der Waals surface area contributed by atoms with Gasteiger partial charge in [0.1, 0.15) is 0 Å². The van der Waals surface area contributed by atoms with E-state index in [2.05, 4.69) is 10.6 Å². The number of aryl methyl sites for hydroxylation is 1. The van der Waals surface area contributed by atoms with Crippen LogP contribution in [0.2, 0.25) is 0 Å². The van der Waals surface area contributed by atoms with Gasteiger partial charge in [0, 0.05) is 41.7 Å². The predicted molar refractivity (Wildman–Crippen MR) is 96.3 cm³/mol. The predicted octanol–water partition coefficient (Wildman–Crippen LogP) is 2.59. The van der Waals surface area contributed by atoms with Crippen LogP contribution in [0.25, 0.3) is 0 Å². The molecule has 1 aliphatic heterocycles. The average Bonchev–Trinajstić information content (AvgIpc) is 3.20. The number of rotatable bonds is 4. The maximum atomic E-state index is 13.6. The molecule has 1 heterocycles. The van der Waals surface area contributed by atoms with E-state index in [1.165, 1.54) is 12.1 Å². The quantitative estimate of drug-likeness (QED) is 0.772. The van der Waals surface area contributed by atoms with Gasteiger partial charge in [-0.3, -0.25) is 9.59 Å². The van der Waals surface area contributed by atoms with Crippen molar-refractivity contribution < 1.29 is 18.4 Å². The molecule has 1 aliphatic carbocycles. The first-order valence-electron chi connectivity index (χ1n) is 8.87. The van der Waals surface area contributed by atoms with Gasteiger partial charge in [-0.05, 0) is 48.2 Å². The Balaban J connectivity index is 1.46. The molecule has 0 spiro atoms. The summed E-state index contributed by atoms with van der Waals surface area (Å²) in [5.74, 6) is -2.37. The number of anilines is 1. The molecule has 0 saturated carbocycles. The molecule has 4 rings (SSSR count). The fourth-order valence-corrected chi connectivity index (χ4v) is 4.00. The highest BCUT2D eigenvalue weighted by Gasteiger charge is 2.31. The highest BCUT2D eigenvalue weighted by atomic mass is 19.2. The Bertz CT molecular complexity index is 945. The summed E-state index contributed by atoms with van der Waals surface area (Å²) in [4.78, 5) is 24.2. The monoisotopic (exact) mass is 371 g/mol. The van der Waals surface area contributed by atoms with Crippen molar-refractivity contribution in [3.63, 3.8) is 0 Å². The minimum atomic E-state index is -0.894. The zero-order valence-corrected chi connectivity index (χ0v) is 14.5. The molecule has 5 nitrogen and oxygen atoms in total. The summed E-state index contributed by atoms with van der Waals surface area (Å²) in [5.41, 5.74) is 9.56. The summed E-state index contributed by atoms with van der Waals surface area (Å²) < 4.78 is 27.0. The second-order valence-electron chi connectivity index (χ2n) is 7.04. The molecule has 0 bridgehead atoms. The topological polar surface area (TPSA) is 84.2 Å². The first-order valence-corrected chi connectivity index (χ1v) is 8.87. The number of benzene rings is 2. The molecule has 27 heavy (non-hydrogen) atoms. The number of fused-ring (bicyclic) bond motifs is 2. The Labute approximate surface area is 154 Å². The van der Waals surface area contributed by atoms with Crippen LogP contribution in [0.1, 0.15) is 45.8 Å². The van der Waals surface area contributed by atoms with Gasteiger partial charge < -0.3 is 16.4 Å². The van der Waals surface area contributed by atoms with Crippen LogP contribution in [0, 0.1) is 11.6 Å². The van der Waals surface area contributed by atoms with Crippen molar-refractivity contribution in [1.82, 2.24) is 5.32 Å². The number of nitrogens with one attached hydrogen (secondary N) is 2. The number of halogens is 2. The second-order valence-corrected chi connectivity index (χ2v) is 7.04. The normalized spacial score (nSPS) is 18.6. The second kappa shape index (κ2) is 6.74. The molecule has 2 amide bonds. The number of hydrogen-bond donors (Lipinski definition) is 3. The van der Waals surface area contributed by atoms with E-state index >= 15 is 0 Å². The van der Waals surface area contributed by atoms with Gasteiger partial charge in [-0.2, -0.15) is 0 Å². The smallest absolute Gasteiger partial charge is 0.251 e. The lowest BCUT2D eigenvalue weighted by atomic mass is 9.91. The zero-order chi connectivity index (χ0) is 19.1. The van der Waals surface area contributed by atoms with Gasteiger partial charge in [-0.15, -0.1) is 0 Å². The highest BCUT2D eigenvalue weighted by molar-refractivity contribution is 6.02. The molecule has 0 radical (unpaired) electrons. The minimum Gasteiger partial charge on any atom is -0.348 e. The highest BCUT2D eigenvalue weighted by Crippen LogP contribution is 2.37. The van der Waals surface area contributed by atoms with Crippen molar-refractivity contribution in [3.8, 4) is 0 Å². The van der Waals surface area contributed by atoms with Gasteiger partial charge in [0.05, 0.1) is 0 Å². The summed E-state index contributed by atoms with van der Waals surface area (Å²) in [6.07, 6.45) is 1.33. The third-order valence-corrected chi connectivity index (χ3v) is 5.36. The number of nitrogens with two attached hydrogens (primary N) is 1. The molecule has 0 aromatic heterocycles. The van der Waals surface area contributed by atoms with Crippen LogP contribution in [-0.2, 0) is 17.8 Å². The van der Waals surface area contributed by atoms with Crippen LogP contribution in [0.15, 0.2) is 30.3 Å². The van der Waals surface area contributed by atoms with E-state index in [1.54, 1.807) is 18.2 Å². The van der Waals surface area contributed by atoms with Gasteiger partial charge in [0.15, 0.2) is 11.6 Å². The Kier molecular flexibility index (Phi) is 4.39. The molecule has 2 aliphatic rings. The zero-order valence-electron chi connectivity index (χ0n) is 14.5. The van der Waals surface area contributed by atoms with Crippen molar-refractivity contribution >= 4 is 17.5 Å². The van der Waals surface area contributed by atoms with E-state index in [0.717, 1.165) is 11.1 Å². The van der Waals surface area contributed by atoms with E-state index in [0.29, 0.717) is 36.2 Å². The third-order valence-electron chi connectivity index (χ3n) is 5.36. The number of carbonyl (C=O) groups is 2. The van der Waals surface area contributed by atoms with E-state index in [4.69, 9.17) is 5.73 Å². The van der Waals surface area contributed by atoms with Gasteiger partial charge in [-0.25, -0.2) is 8.78 Å². The first-order chi connectivity index (χ1) is 12.9. The minimum absolute atomic E-state index is 0.0497. The first kappa shape index (κ1) is 17.6. The summed E-state index contributed by atoms with van der Waals surface area (Å²) >= 11 is 0. The number of hydrogen-bond acceptors (Lipinski definition) is 3. The van der Waals surface area contributed by atoms with E-state index in [-0.39, 0.29) is 24.2 Å². The molecule has 2 aromatic rings. The van der Waals surface area contributed by atoms with Crippen molar-refractivity contribution in [2.75, 3.05) is 5.32 Å². The van der Waals surface area contributed by atoms with E-state index < -0.39 is 17.7 Å². The molecule has 0 saturated heterocycles. The molecule has 0 fully saturated rings. The van der Waals surface area contributed by atoms with Crippen molar-refractivity contribution in [1.29, 1.82) is 0 Å². The molecule has 2 atom stereocenters. The summed E-state index contributed by atoms with van der Waals surface area (Å²) in [6.45, 7) is 0.373. The summed E-state index contributed by atoms with van der Waals surface area (Å²) in [7, 11) is 0. The Morgan fingerprint density at radius 3 is 2.89 bits per heavy atom. The molecule has 2 aromatic carbocycles. The van der Waals surface area contributed by atoms with Crippen LogP contribution < -0.4 is 16.4 Å². The fraction of sp³-hybridized carbons (Fsp3) is 0.300. The summed E-state index contributed by atoms with van der Waals surface area (Å²) in [6, 6.07) is 7.07. The van der Waals surface area contributed by atoms with Gasteiger partial charge >= 0.3 is 0 Å². The van der Waals surface area contributed by atoms with Crippen LogP contribution in [0.3, 0.4) is 0 Å². The SMILES string of the molecule is N[C@@H](CC(=O)Nc1cccc2c1CNC2=O)[C@H]1CCc2cc(F)c(F)cc21. The number of amides is 2. The van der Waals surface area contributed by atoms with Gasteiger partial charge in [0.25, 0.3) is 5.91 Å². The average molecular weight is 371 g/mol. The molecule has 7 heteroatoms. The fourth-order valence-electron chi connectivity index (χ4n) is 4.00. The largest absolute Gasteiger partial charge is 0.348 e. The Morgan fingerprint density at radius 2 is 2.07 bits per heavy atom. The van der Waals surface area contributed by atoms with Gasteiger partial charge in [0.2, 0.25) is 5.91 Å². The van der Waals surface area contributed by atoms with E-state index in [1.807, 2.05) is 0 Å². The van der Waals surface area contributed by atoms with Crippen molar-refractivity contribution in [2.24, 2.45) is 5.73 Å². The van der Waals surface area contributed by atoms with Crippen LogP contribution >= 0.6 is 0 Å². The maximum Gasteiger partial charge on any atom is 0.251 e. The number of carbonyl (C=O) groups excluding carboxylic acids is 2. The Hall–Kier alpha value is -2.80. The van der Waals surface area contributed by atoms with Crippen molar-refractivity contribution in [3.05, 3.63) is 64.2 Å². The van der Waals surface area contributed by atoms with E-state index in [9.17, 15) is 18.4 Å². The summed E-state index contributed by atoms with van der Waals surface area (Å²) in [5, 5.41) is 5.54. The lowest BCUT2D eigenvalue weighted by Gasteiger charge is -2.20. The molecular weight excluding hydrogens is 352 g/mol. The molecule has 140 valence electrons. The molecule has 4 N–H and O–H groups in total. The van der Waals surface area contributed by atoms with Crippen LogP contribution in [0.4, 0.5) is 14.5 Å². The van der Waals surface area contributed by atoms with Crippen LogP contribution in [0.5, 0.6) is 0 Å². The van der Waals surface area contributed by atoms with Gasteiger partial charge in [-0.1, -0.05) is 6.07 Å². The molecule has 0 unspecified atom stereocenters. The lowest BCUT2D eigenvalue weighted by Crippen LogP contribution is -2.32. The standard InChI is InChI=1S/C20H19F2N3O2/c21-15-6-10-4-5-11(13(10)7-16(15)22)17(23)8-19(26)25-18-3-1-2-12-14(18)9-24-20(12)27/h1-3,6-7,11,17H,4-5,8-9,23H2,(H,24,27)(H,25,26)/t11-,17-/m0/s1.